The molecule has 11 heavy (non-hydrogen) atoms. The minimum absolute atomic E-state index is 0.240. The molecule has 1 N–H and O–H groups in total. The van der Waals surface area contributed by atoms with Crippen molar-refractivity contribution in [3.05, 3.63) is 24.5 Å². The van der Waals surface area contributed by atoms with Crippen molar-refractivity contribution in [3.63, 3.8) is 0 Å². The van der Waals surface area contributed by atoms with Crippen molar-refractivity contribution in [2.45, 2.75) is 12.8 Å². The van der Waals surface area contributed by atoms with E-state index in [9.17, 15) is 0 Å². The van der Waals surface area contributed by atoms with E-state index in [2.05, 4.69) is 6.08 Å². The van der Waals surface area contributed by atoms with Crippen LogP contribution in [0.3, 0.4) is 0 Å². The molecule has 2 heteroatoms. The van der Waals surface area contributed by atoms with Gasteiger partial charge < -0.3 is 9.84 Å². The third-order valence-corrected chi connectivity index (χ3v) is 1.67. The van der Waals surface area contributed by atoms with Gasteiger partial charge in [-0.1, -0.05) is 12.2 Å². The van der Waals surface area contributed by atoms with Gasteiger partial charge >= 0.3 is 0 Å². The van der Waals surface area contributed by atoms with Gasteiger partial charge in [0.15, 0.2) is 0 Å². The Hall–Kier alpha value is -0.760. The first-order valence-electron chi connectivity index (χ1n) is 3.99. The molecule has 0 spiro atoms. The van der Waals surface area contributed by atoms with E-state index in [1.807, 2.05) is 12.2 Å². The summed E-state index contributed by atoms with van der Waals surface area (Å²) in [5, 5.41) is 8.50. The first-order valence-corrected chi connectivity index (χ1v) is 3.99. The standard InChI is InChI=1S/C9H14O2/c10-6-2-1-3-9-4-7-11-8-5-9/h1,3-4,7,9-10H,2,5-6,8H2/t9-/m0/s1. The molecule has 0 bridgehead atoms. The van der Waals surface area contributed by atoms with E-state index in [1.54, 1.807) is 6.26 Å². The zero-order valence-corrected chi connectivity index (χ0v) is 6.57. The number of hydrogen-bond acceptors (Lipinski definition) is 2. The summed E-state index contributed by atoms with van der Waals surface area (Å²) in [7, 11) is 0. The van der Waals surface area contributed by atoms with Gasteiger partial charge in [0.2, 0.25) is 0 Å². The van der Waals surface area contributed by atoms with Crippen LogP contribution in [0.2, 0.25) is 0 Å². The van der Waals surface area contributed by atoms with E-state index < -0.39 is 0 Å². The van der Waals surface area contributed by atoms with Crippen LogP contribution in [-0.4, -0.2) is 18.3 Å². The number of hydrogen-bond donors (Lipinski definition) is 1. The topological polar surface area (TPSA) is 29.5 Å². The lowest BCUT2D eigenvalue weighted by atomic mass is 10.0. The van der Waals surface area contributed by atoms with Crippen LogP contribution >= 0.6 is 0 Å². The largest absolute Gasteiger partial charge is 0.501 e. The van der Waals surface area contributed by atoms with Crippen LogP contribution in [0, 0.1) is 5.92 Å². The third kappa shape index (κ3) is 3.23. The molecular weight excluding hydrogens is 140 g/mol. The van der Waals surface area contributed by atoms with Crippen LogP contribution in [-0.2, 0) is 4.74 Å². The molecule has 0 saturated heterocycles. The van der Waals surface area contributed by atoms with Gasteiger partial charge in [0, 0.05) is 12.5 Å². The Kier molecular flexibility index (Phi) is 3.76. The maximum absolute atomic E-state index is 8.50. The molecule has 62 valence electrons. The second-order valence-corrected chi connectivity index (χ2v) is 2.59. The zero-order chi connectivity index (χ0) is 7.94. The minimum Gasteiger partial charge on any atom is -0.501 e. The minimum atomic E-state index is 0.240. The Labute approximate surface area is 67.2 Å². The molecule has 1 heterocycles. The maximum Gasteiger partial charge on any atom is 0.0881 e. The number of aliphatic hydroxyl groups excluding tert-OH is 1. The molecule has 0 saturated carbocycles. The summed E-state index contributed by atoms with van der Waals surface area (Å²) in [4.78, 5) is 0. The van der Waals surface area contributed by atoms with Crippen molar-refractivity contribution >= 4 is 0 Å². The quantitative estimate of drug-likeness (QED) is 0.624. The summed E-state index contributed by atoms with van der Waals surface area (Å²) in [5.41, 5.74) is 0. The van der Waals surface area contributed by atoms with Crippen molar-refractivity contribution in [1.82, 2.24) is 0 Å². The monoisotopic (exact) mass is 154 g/mol. The van der Waals surface area contributed by atoms with Crippen LogP contribution in [0.25, 0.3) is 0 Å². The number of rotatable bonds is 3. The molecule has 0 aromatic heterocycles. The predicted octanol–water partition coefficient (Wildman–Crippen LogP) is 1.48. The van der Waals surface area contributed by atoms with Gasteiger partial charge in [-0.05, 0) is 18.9 Å². The van der Waals surface area contributed by atoms with E-state index in [0.717, 1.165) is 19.4 Å². The highest BCUT2D eigenvalue weighted by Crippen LogP contribution is 2.12. The second kappa shape index (κ2) is 4.97. The summed E-state index contributed by atoms with van der Waals surface area (Å²) >= 11 is 0. The highest BCUT2D eigenvalue weighted by molar-refractivity contribution is 5.00. The molecule has 0 unspecified atom stereocenters. The third-order valence-electron chi connectivity index (χ3n) is 1.67. The molecule has 0 aromatic carbocycles. The van der Waals surface area contributed by atoms with Crippen LogP contribution in [0.5, 0.6) is 0 Å². The molecule has 2 nitrogen and oxygen atoms in total. The highest BCUT2D eigenvalue weighted by Gasteiger charge is 2.03. The normalized spacial score (nSPS) is 23.9. The Morgan fingerprint density at radius 2 is 2.55 bits per heavy atom. The Balaban J connectivity index is 2.24. The Bertz CT molecular complexity index is 150. The van der Waals surface area contributed by atoms with Crippen molar-refractivity contribution in [1.29, 1.82) is 0 Å². The van der Waals surface area contributed by atoms with Crippen LogP contribution < -0.4 is 0 Å². The molecule has 0 fully saturated rings. The summed E-state index contributed by atoms with van der Waals surface area (Å²) in [6.07, 6.45) is 9.73. The second-order valence-electron chi connectivity index (χ2n) is 2.59. The smallest absolute Gasteiger partial charge is 0.0881 e. The summed E-state index contributed by atoms with van der Waals surface area (Å²) in [6, 6.07) is 0. The lowest BCUT2D eigenvalue weighted by Gasteiger charge is -2.12. The SMILES string of the molecule is OCCC=C[C@H]1C=COCC1. The molecule has 0 aliphatic carbocycles. The van der Waals surface area contributed by atoms with Crippen molar-refractivity contribution in [2.24, 2.45) is 5.92 Å². The van der Waals surface area contributed by atoms with Crippen molar-refractivity contribution in [3.8, 4) is 0 Å². The van der Waals surface area contributed by atoms with Crippen molar-refractivity contribution in [2.75, 3.05) is 13.2 Å². The lowest BCUT2D eigenvalue weighted by Crippen LogP contribution is -2.03. The van der Waals surface area contributed by atoms with Crippen LogP contribution in [0.4, 0.5) is 0 Å². The molecule has 0 radical (unpaired) electrons. The highest BCUT2D eigenvalue weighted by atomic mass is 16.5. The molecule has 1 rings (SSSR count). The van der Waals surface area contributed by atoms with Crippen LogP contribution in [0.15, 0.2) is 24.5 Å². The fraction of sp³-hybridized carbons (Fsp3) is 0.556. The Morgan fingerprint density at radius 3 is 3.18 bits per heavy atom. The van der Waals surface area contributed by atoms with Gasteiger partial charge in [-0.2, -0.15) is 0 Å². The molecule has 1 aliphatic rings. The Morgan fingerprint density at radius 1 is 1.64 bits per heavy atom. The van der Waals surface area contributed by atoms with Gasteiger partial charge in [0.25, 0.3) is 0 Å². The van der Waals surface area contributed by atoms with E-state index in [1.165, 1.54) is 0 Å². The number of aliphatic hydroxyl groups is 1. The van der Waals surface area contributed by atoms with E-state index in [-0.39, 0.29) is 6.61 Å². The summed E-state index contributed by atoms with van der Waals surface area (Å²) in [5.74, 6) is 0.510. The summed E-state index contributed by atoms with van der Waals surface area (Å²) in [6.45, 7) is 1.05. The van der Waals surface area contributed by atoms with Gasteiger partial charge in [-0.15, -0.1) is 0 Å². The first kappa shape index (κ1) is 8.34. The fourth-order valence-corrected chi connectivity index (χ4v) is 1.03. The maximum atomic E-state index is 8.50. The van der Waals surface area contributed by atoms with Gasteiger partial charge in [-0.3, -0.25) is 0 Å². The van der Waals surface area contributed by atoms with Gasteiger partial charge in [-0.25, -0.2) is 0 Å². The van der Waals surface area contributed by atoms with E-state index >= 15 is 0 Å². The fourth-order valence-electron chi connectivity index (χ4n) is 1.03. The van der Waals surface area contributed by atoms with Gasteiger partial charge in [0.05, 0.1) is 12.9 Å². The van der Waals surface area contributed by atoms with Crippen LogP contribution in [0.1, 0.15) is 12.8 Å². The lowest BCUT2D eigenvalue weighted by molar-refractivity contribution is 0.218. The first-order chi connectivity index (χ1) is 5.43. The molecule has 0 aromatic rings. The van der Waals surface area contributed by atoms with E-state index in [0.29, 0.717) is 5.92 Å². The number of ether oxygens (including phenoxy) is 1. The zero-order valence-electron chi connectivity index (χ0n) is 6.57. The predicted molar refractivity (Wildman–Crippen MR) is 44.0 cm³/mol. The van der Waals surface area contributed by atoms with E-state index in [4.69, 9.17) is 9.84 Å². The molecule has 1 aliphatic heterocycles. The van der Waals surface area contributed by atoms with Crippen molar-refractivity contribution < 1.29 is 9.84 Å². The number of allylic oxidation sites excluding steroid dienone is 2. The summed E-state index contributed by atoms with van der Waals surface area (Å²) < 4.78 is 5.04. The molecule has 1 atom stereocenters. The average molecular weight is 154 g/mol. The molecule has 0 amide bonds. The average Bonchev–Trinajstić information content (AvgIpc) is 2.07. The molecular formula is C9H14O2. The van der Waals surface area contributed by atoms with Gasteiger partial charge in [0.1, 0.15) is 0 Å².